The first-order valence-corrected chi connectivity index (χ1v) is 8.73. The number of hydrogen-bond acceptors (Lipinski definition) is 6. The minimum Gasteiger partial charge on any atom is -0.457 e. The van der Waals surface area contributed by atoms with Crippen molar-refractivity contribution in [2.45, 2.75) is 6.42 Å². The minimum absolute atomic E-state index is 0.0168. The van der Waals surface area contributed by atoms with E-state index in [4.69, 9.17) is 16.3 Å². The van der Waals surface area contributed by atoms with Gasteiger partial charge >= 0.3 is 5.97 Å². The molecule has 1 aliphatic rings. The second kappa shape index (κ2) is 8.18. The Morgan fingerprint density at radius 1 is 1.21 bits per heavy atom. The van der Waals surface area contributed by atoms with Crippen molar-refractivity contribution in [1.82, 2.24) is 0 Å². The zero-order chi connectivity index (χ0) is 20.3. The van der Waals surface area contributed by atoms with Gasteiger partial charge in [0.25, 0.3) is 5.69 Å². The highest BCUT2D eigenvalue weighted by molar-refractivity contribution is 6.31. The van der Waals surface area contributed by atoms with Crippen molar-refractivity contribution in [3.63, 3.8) is 0 Å². The number of amides is 1. The number of non-ortho nitro benzene ring substituents is 1. The second-order valence-electron chi connectivity index (χ2n) is 6.22. The van der Waals surface area contributed by atoms with Gasteiger partial charge in [-0.05, 0) is 30.3 Å². The van der Waals surface area contributed by atoms with E-state index < -0.39 is 29.2 Å². The first-order valence-electron chi connectivity index (χ1n) is 8.35. The van der Waals surface area contributed by atoms with E-state index in [9.17, 15) is 24.5 Å². The molecule has 0 unspecified atom stereocenters. The Morgan fingerprint density at radius 3 is 2.57 bits per heavy atom. The van der Waals surface area contributed by atoms with E-state index in [1.807, 2.05) is 0 Å². The number of nitrogens with zero attached hydrogens (tertiary/aromatic N) is 2. The Balaban J connectivity index is 1.57. The predicted molar refractivity (Wildman–Crippen MR) is 100 cm³/mol. The summed E-state index contributed by atoms with van der Waals surface area (Å²) >= 11 is 5.94. The number of halogens is 1. The summed E-state index contributed by atoms with van der Waals surface area (Å²) in [6.45, 7) is -0.359. The molecular weight excluding hydrogens is 388 g/mol. The molecule has 28 heavy (non-hydrogen) atoms. The van der Waals surface area contributed by atoms with Crippen LogP contribution >= 0.6 is 11.6 Å². The summed E-state index contributed by atoms with van der Waals surface area (Å²) in [4.78, 5) is 48.1. The molecule has 0 aliphatic carbocycles. The van der Waals surface area contributed by atoms with E-state index in [-0.39, 0.29) is 30.1 Å². The summed E-state index contributed by atoms with van der Waals surface area (Å²) in [5, 5.41) is 11.1. The van der Waals surface area contributed by atoms with E-state index in [0.717, 1.165) is 0 Å². The topological polar surface area (TPSA) is 107 Å². The monoisotopic (exact) mass is 402 g/mol. The quantitative estimate of drug-likeness (QED) is 0.318. The van der Waals surface area contributed by atoms with Crippen molar-refractivity contribution in [2.24, 2.45) is 5.92 Å². The average Bonchev–Trinajstić information content (AvgIpc) is 3.07. The molecule has 1 heterocycles. The van der Waals surface area contributed by atoms with Gasteiger partial charge in [0.1, 0.15) is 0 Å². The van der Waals surface area contributed by atoms with E-state index >= 15 is 0 Å². The number of carbonyl (C=O) groups is 3. The molecule has 144 valence electrons. The number of Topliss-reactive ketones (excluding diaryl/α,β-unsaturated/α-hetero) is 1. The Hall–Kier alpha value is -3.26. The molecule has 2 aromatic carbocycles. The van der Waals surface area contributed by atoms with E-state index in [0.29, 0.717) is 10.7 Å². The summed E-state index contributed by atoms with van der Waals surface area (Å²) in [6, 6.07) is 11.7. The molecule has 9 heteroatoms. The van der Waals surface area contributed by atoms with Crippen molar-refractivity contribution in [2.75, 3.05) is 18.1 Å². The molecule has 1 saturated heterocycles. The molecule has 2 aromatic rings. The van der Waals surface area contributed by atoms with Crippen LogP contribution in [-0.2, 0) is 14.3 Å². The number of benzene rings is 2. The number of nitro benzene ring substituents is 1. The van der Waals surface area contributed by atoms with Crippen LogP contribution in [0.15, 0.2) is 48.5 Å². The summed E-state index contributed by atoms with van der Waals surface area (Å²) in [6.07, 6.45) is -0.0168. The molecule has 0 N–H and O–H groups in total. The highest BCUT2D eigenvalue weighted by Gasteiger charge is 2.36. The number of rotatable bonds is 6. The number of ketones is 1. The lowest BCUT2D eigenvalue weighted by atomic mass is 10.1. The van der Waals surface area contributed by atoms with Crippen molar-refractivity contribution >= 4 is 40.6 Å². The zero-order valence-corrected chi connectivity index (χ0v) is 15.3. The molecule has 8 nitrogen and oxygen atoms in total. The molecule has 0 radical (unpaired) electrons. The SMILES string of the molecule is O=C(COC(=O)[C@H]1CC(=O)N(c2cccc(Cl)c2)C1)c1ccc([N+](=O)[O-])cc1. The summed E-state index contributed by atoms with van der Waals surface area (Å²) < 4.78 is 5.05. The van der Waals surface area contributed by atoms with Crippen LogP contribution in [0, 0.1) is 16.0 Å². The Labute approximate surface area is 164 Å². The van der Waals surface area contributed by atoms with Crippen LogP contribution in [0.3, 0.4) is 0 Å². The smallest absolute Gasteiger partial charge is 0.311 e. The molecule has 0 aromatic heterocycles. The molecule has 1 aliphatic heterocycles. The lowest BCUT2D eigenvalue weighted by Gasteiger charge is -2.16. The van der Waals surface area contributed by atoms with Gasteiger partial charge in [0.05, 0.1) is 10.8 Å². The van der Waals surface area contributed by atoms with Crippen LogP contribution in [-0.4, -0.2) is 35.7 Å². The van der Waals surface area contributed by atoms with Crippen LogP contribution in [0.25, 0.3) is 0 Å². The first-order chi connectivity index (χ1) is 13.3. The number of anilines is 1. The minimum atomic E-state index is -0.684. The van der Waals surface area contributed by atoms with Gasteiger partial charge in [-0.15, -0.1) is 0 Å². The van der Waals surface area contributed by atoms with Crippen molar-refractivity contribution in [1.29, 1.82) is 0 Å². The fourth-order valence-corrected chi connectivity index (χ4v) is 3.05. The van der Waals surface area contributed by atoms with Crippen LogP contribution in [0.2, 0.25) is 5.02 Å². The molecule has 0 bridgehead atoms. The van der Waals surface area contributed by atoms with Crippen molar-refractivity contribution < 1.29 is 24.0 Å². The van der Waals surface area contributed by atoms with Gasteiger partial charge in [-0.1, -0.05) is 17.7 Å². The van der Waals surface area contributed by atoms with Crippen molar-refractivity contribution in [3.05, 3.63) is 69.2 Å². The molecular formula is C19H15ClN2O6. The highest BCUT2D eigenvalue weighted by atomic mass is 35.5. The zero-order valence-electron chi connectivity index (χ0n) is 14.5. The third-order valence-corrected chi connectivity index (χ3v) is 4.56. The second-order valence-corrected chi connectivity index (χ2v) is 6.66. The largest absolute Gasteiger partial charge is 0.457 e. The number of esters is 1. The third-order valence-electron chi connectivity index (χ3n) is 4.32. The lowest BCUT2D eigenvalue weighted by Crippen LogP contribution is -2.27. The summed E-state index contributed by atoms with van der Waals surface area (Å²) in [5.41, 5.74) is 0.648. The standard InChI is InChI=1S/C19H15ClN2O6/c20-14-2-1-3-16(9-14)21-10-13(8-18(21)24)19(25)28-11-17(23)12-4-6-15(7-5-12)22(26)27/h1-7,9,13H,8,10-11H2/t13-/m0/s1. The summed E-state index contributed by atoms with van der Waals surface area (Å²) in [7, 11) is 0. The molecule has 1 atom stereocenters. The first kappa shape index (κ1) is 19.5. The third kappa shape index (κ3) is 4.34. The number of nitro groups is 1. The van der Waals surface area contributed by atoms with Gasteiger partial charge in [-0.2, -0.15) is 0 Å². The number of hydrogen-bond donors (Lipinski definition) is 0. The Bertz CT molecular complexity index is 944. The van der Waals surface area contributed by atoms with Gasteiger partial charge in [0.15, 0.2) is 12.4 Å². The fourth-order valence-electron chi connectivity index (χ4n) is 2.87. The number of ether oxygens (including phenoxy) is 1. The van der Waals surface area contributed by atoms with Crippen LogP contribution < -0.4 is 4.90 Å². The lowest BCUT2D eigenvalue weighted by molar-refractivity contribution is -0.384. The van der Waals surface area contributed by atoms with Gasteiger partial charge in [0.2, 0.25) is 5.91 Å². The van der Waals surface area contributed by atoms with E-state index in [1.54, 1.807) is 24.3 Å². The van der Waals surface area contributed by atoms with Crippen LogP contribution in [0.1, 0.15) is 16.8 Å². The number of carbonyl (C=O) groups excluding carboxylic acids is 3. The molecule has 3 rings (SSSR count). The Kier molecular flexibility index (Phi) is 5.70. The molecule has 1 fully saturated rings. The van der Waals surface area contributed by atoms with Gasteiger partial charge < -0.3 is 9.64 Å². The maximum absolute atomic E-state index is 12.2. The van der Waals surface area contributed by atoms with Gasteiger partial charge in [0, 0.05) is 41.4 Å². The molecule has 1 amide bonds. The molecule has 0 saturated carbocycles. The van der Waals surface area contributed by atoms with E-state index in [1.165, 1.54) is 29.2 Å². The Morgan fingerprint density at radius 2 is 1.93 bits per heavy atom. The fraction of sp³-hybridized carbons (Fsp3) is 0.211. The van der Waals surface area contributed by atoms with Crippen LogP contribution in [0.4, 0.5) is 11.4 Å². The normalized spacial score (nSPS) is 16.1. The molecule has 0 spiro atoms. The van der Waals surface area contributed by atoms with Crippen molar-refractivity contribution in [3.8, 4) is 0 Å². The van der Waals surface area contributed by atoms with Crippen LogP contribution in [0.5, 0.6) is 0 Å². The van der Waals surface area contributed by atoms with Gasteiger partial charge in [-0.25, -0.2) is 0 Å². The maximum Gasteiger partial charge on any atom is 0.311 e. The summed E-state index contributed by atoms with van der Waals surface area (Å²) in [5.74, 6) is -2.05. The average molecular weight is 403 g/mol. The van der Waals surface area contributed by atoms with Gasteiger partial charge in [-0.3, -0.25) is 24.5 Å². The van der Waals surface area contributed by atoms with E-state index in [2.05, 4.69) is 0 Å². The highest BCUT2D eigenvalue weighted by Crippen LogP contribution is 2.27. The predicted octanol–water partition coefficient (Wildman–Crippen LogP) is 3.03. The maximum atomic E-state index is 12.2.